The standard InChI is InChI=1S/C27H28Cl2N2O2/c1-3-30-27(33)25(16-20-10-5-4-6-11-20)31(18-22-12-8-7-9-19(22)2)26(32)17-21-13-14-23(28)24(29)15-21/h4-15,25H,3,16-18H2,1-2H3,(H,30,33). The van der Waals surface area contributed by atoms with Crippen LogP contribution in [-0.4, -0.2) is 29.3 Å². The van der Waals surface area contributed by atoms with Crippen molar-refractivity contribution in [2.45, 2.75) is 39.3 Å². The minimum Gasteiger partial charge on any atom is -0.355 e. The predicted molar refractivity (Wildman–Crippen MR) is 135 cm³/mol. The average molecular weight is 483 g/mol. The molecular formula is C27H28Cl2N2O2. The average Bonchev–Trinajstić information content (AvgIpc) is 2.80. The van der Waals surface area contributed by atoms with Crippen molar-refractivity contribution < 1.29 is 9.59 Å². The van der Waals surface area contributed by atoms with Crippen LogP contribution in [0.3, 0.4) is 0 Å². The van der Waals surface area contributed by atoms with Crippen molar-refractivity contribution in [3.8, 4) is 0 Å². The molecule has 4 nitrogen and oxygen atoms in total. The minimum atomic E-state index is -0.651. The Morgan fingerprint density at radius 2 is 1.61 bits per heavy atom. The maximum absolute atomic E-state index is 13.6. The molecule has 0 aromatic heterocycles. The first-order valence-electron chi connectivity index (χ1n) is 11.0. The molecule has 0 aliphatic carbocycles. The summed E-state index contributed by atoms with van der Waals surface area (Å²) in [5, 5.41) is 3.75. The SMILES string of the molecule is CCNC(=O)C(Cc1ccccc1)N(Cc1ccccc1C)C(=O)Cc1ccc(Cl)c(Cl)c1. The van der Waals surface area contributed by atoms with E-state index in [0.717, 1.165) is 22.3 Å². The van der Waals surface area contributed by atoms with E-state index in [1.165, 1.54) is 0 Å². The molecule has 3 aromatic rings. The number of hydrogen-bond donors (Lipinski definition) is 1. The molecule has 3 aromatic carbocycles. The molecule has 0 aliphatic heterocycles. The number of rotatable bonds is 9. The molecule has 0 fully saturated rings. The fourth-order valence-electron chi connectivity index (χ4n) is 3.74. The van der Waals surface area contributed by atoms with Crippen molar-refractivity contribution in [2.75, 3.05) is 6.54 Å². The lowest BCUT2D eigenvalue weighted by Crippen LogP contribution is -2.51. The molecule has 0 saturated carbocycles. The Labute approximate surface area is 205 Å². The lowest BCUT2D eigenvalue weighted by Gasteiger charge is -2.32. The third kappa shape index (κ3) is 6.83. The van der Waals surface area contributed by atoms with Crippen LogP contribution >= 0.6 is 23.2 Å². The van der Waals surface area contributed by atoms with E-state index in [0.29, 0.717) is 29.6 Å². The smallest absolute Gasteiger partial charge is 0.243 e. The number of halogens is 2. The molecule has 2 amide bonds. The van der Waals surface area contributed by atoms with Crippen molar-refractivity contribution in [3.05, 3.63) is 105 Å². The zero-order chi connectivity index (χ0) is 23.8. The second kappa shape index (κ2) is 11.9. The van der Waals surface area contributed by atoms with Crippen LogP contribution in [0.15, 0.2) is 72.8 Å². The summed E-state index contributed by atoms with van der Waals surface area (Å²) >= 11 is 12.2. The molecule has 0 aliphatic rings. The number of carbonyl (C=O) groups is 2. The number of benzene rings is 3. The van der Waals surface area contributed by atoms with Gasteiger partial charge in [0.05, 0.1) is 16.5 Å². The maximum Gasteiger partial charge on any atom is 0.243 e. The van der Waals surface area contributed by atoms with Gasteiger partial charge in [-0.25, -0.2) is 0 Å². The fraction of sp³-hybridized carbons (Fsp3) is 0.259. The van der Waals surface area contributed by atoms with Crippen LogP contribution in [0.4, 0.5) is 0 Å². The first kappa shape index (κ1) is 24.8. The molecule has 172 valence electrons. The number of hydrogen-bond acceptors (Lipinski definition) is 2. The van der Waals surface area contributed by atoms with Crippen molar-refractivity contribution in [1.82, 2.24) is 10.2 Å². The molecule has 0 heterocycles. The quantitative estimate of drug-likeness (QED) is 0.430. The van der Waals surface area contributed by atoms with Crippen molar-refractivity contribution in [3.63, 3.8) is 0 Å². The summed E-state index contributed by atoms with van der Waals surface area (Å²) in [6.45, 7) is 4.71. The second-order valence-electron chi connectivity index (χ2n) is 7.97. The number of nitrogens with zero attached hydrogens (tertiary/aromatic N) is 1. The summed E-state index contributed by atoms with van der Waals surface area (Å²) in [5.41, 5.74) is 3.81. The molecular weight excluding hydrogens is 455 g/mol. The highest BCUT2D eigenvalue weighted by atomic mass is 35.5. The third-order valence-corrected chi connectivity index (χ3v) is 6.30. The van der Waals surface area contributed by atoms with Crippen molar-refractivity contribution >= 4 is 35.0 Å². The molecule has 1 unspecified atom stereocenters. The molecule has 6 heteroatoms. The van der Waals surface area contributed by atoms with E-state index >= 15 is 0 Å². The lowest BCUT2D eigenvalue weighted by molar-refractivity contribution is -0.140. The number of aryl methyl sites for hydroxylation is 1. The zero-order valence-electron chi connectivity index (χ0n) is 18.9. The van der Waals surface area contributed by atoms with E-state index < -0.39 is 6.04 Å². The van der Waals surface area contributed by atoms with Gasteiger partial charge in [-0.05, 0) is 48.2 Å². The summed E-state index contributed by atoms with van der Waals surface area (Å²) in [6, 6.07) is 22.2. The third-order valence-electron chi connectivity index (χ3n) is 5.56. The summed E-state index contributed by atoms with van der Waals surface area (Å²) in [4.78, 5) is 28.5. The van der Waals surface area contributed by atoms with Gasteiger partial charge in [0.2, 0.25) is 11.8 Å². The number of nitrogens with one attached hydrogen (secondary N) is 1. The predicted octanol–water partition coefficient (Wildman–Crippen LogP) is 5.62. The fourth-order valence-corrected chi connectivity index (χ4v) is 4.06. The van der Waals surface area contributed by atoms with E-state index in [1.807, 2.05) is 68.4 Å². The highest BCUT2D eigenvalue weighted by Crippen LogP contribution is 2.24. The molecule has 1 N–H and O–H groups in total. The topological polar surface area (TPSA) is 49.4 Å². The van der Waals surface area contributed by atoms with E-state index in [4.69, 9.17) is 23.2 Å². The van der Waals surface area contributed by atoms with Gasteiger partial charge in [-0.2, -0.15) is 0 Å². The Bertz CT molecular complexity index is 1100. The monoisotopic (exact) mass is 482 g/mol. The lowest BCUT2D eigenvalue weighted by atomic mass is 10.0. The van der Waals surface area contributed by atoms with Crippen molar-refractivity contribution in [2.24, 2.45) is 0 Å². The van der Waals surface area contributed by atoms with Gasteiger partial charge in [-0.1, -0.05) is 83.9 Å². The van der Waals surface area contributed by atoms with E-state index in [-0.39, 0.29) is 18.2 Å². The normalized spacial score (nSPS) is 11.6. The maximum atomic E-state index is 13.6. The Morgan fingerprint density at radius 1 is 0.909 bits per heavy atom. The summed E-state index contributed by atoms with van der Waals surface area (Å²) in [5.74, 6) is -0.318. The second-order valence-corrected chi connectivity index (χ2v) is 8.79. The van der Waals surface area contributed by atoms with Crippen LogP contribution in [0.25, 0.3) is 0 Å². The highest BCUT2D eigenvalue weighted by Gasteiger charge is 2.30. The van der Waals surface area contributed by atoms with Crippen LogP contribution in [0.2, 0.25) is 10.0 Å². The molecule has 0 radical (unpaired) electrons. The number of amides is 2. The first-order chi connectivity index (χ1) is 15.9. The van der Waals surface area contributed by atoms with E-state index in [2.05, 4.69) is 5.32 Å². The summed E-state index contributed by atoms with van der Waals surface area (Å²) < 4.78 is 0. The summed E-state index contributed by atoms with van der Waals surface area (Å²) in [7, 11) is 0. The van der Waals surface area contributed by atoms with Gasteiger partial charge in [-0.3, -0.25) is 9.59 Å². The van der Waals surface area contributed by atoms with Gasteiger partial charge in [0.15, 0.2) is 0 Å². The number of likely N-dealkylation sites (N-methyl/N-ethyl adjacent to an activating group) is 1. The van der Waals surface area contributed by atoms with Gasteiger partial charge < -0.3 is 10.2 Å². The molecule has 0 spiro atoms. The largest absolute Gasteiger partial charge is 0.355 e. The van der Waals surface area contributed by atoms with Gasteiger partial charge in [0.25, 0.3) is 0 Å². The van der Waals surface area contributed by atoms with E-state index in [1.54, 1.807) is 23.1 Å². The van der Waals surface area contributed by atoms with Gasteiger partial charge in [-0.15, -0.1) is 0 Å². The van der Waals surface area contributed by atoms with Crippen LogP contribution in [0, 0.1) is 6.92 Å². The van der Waals surface area contributed by atoms with Gasteiger partial charge in [0, 0.05) is 19.5 Å². The van der Waals surface area contributed by atoms with Crippen molar-refractivity contribution in [1.29, 1.82) is 0 Å². The number of carbonyl (C=O) groups excluding carboxylic acids is 2. The van der Waals surface area contributed by atoms with Gasteiger partial charge >= 0.3 is 0 Å². The Morgan fingerprint density at radius 3 is 2.27 bits per heavy atom. The molecule has 1 atom stereocenters. The minimum absolute atomic E-state index is 0.119. The molecule has 0 bridgehead atoms. The van der Waals surface area contributed by atoms with E-state index in [9.17, 15) is 9.59 Å². The molecule has 33 heavy (non-hydrogen) atoms. The summed E-state index contributed by atoms with van der Waals surface area (Å²) in [6.07, 6.45) is 0.541. The van der Waals surface area contributed by atoms with Crippen LogP contribution < -0.4 is 5.32 Å². The van der Waals surface area contributed by atoms with Gasteiger partial charge in [0.1, 0.15) is 6.04 Å². The van der Waals surface area contributed by atoms with Crippen LogP contribution in [0.5, 0.6) is 0 Å². The Kier molecular flexibility index (Phi) is 8.93. The zero-order valence-corrected chi connectivity index (χ0v) is 20.4. The Hall–Kier alpha value is -2.82. The Balaban J connectivity index is 1.97. The highest BCUT2D eigenvalue weighted by molar-refractivity contribution is 6.42. The first-order valence-corrected chi connectivity index (χ1v) is 11.7. The van der Waals surface area contributed by atoms with Crippen LogP contribution in [0.1, 0.15) is 29.2 Å². The molecule has 0 saturated heterocycles. The molecule has 3 rings (SSSR count). The van der Waals surface area contributed by atoms with Crippen LogP contribution in [-0.2, 0) is 29.0 Å².